The molecule has 280 valence electrons. The number of ether oxygens (including phenoxy) is 2. The van der Waals surface area contributed by atoms with E-state index in [1.54, 1.807) is 24.3 Å². The van der Waals surface area contributed by atoms with E-state index in [0.717, 1.165) is 11.8 Å². The average molecular weight is 806 g/mol. The van der Waals surface area contributed by atoms with Crippen LogP contribution in [0.4, 0.5) is 5.69 Å². The van der Waals surface area contributed by atoms with Crippen LogP contribution in [0.2, 0.25) is 5.02 Å². The molecule has 4 aromatic rings. The lowest BCUT2D eigenvalue weighted by Gasteiger charge is -2.20. The average Bonchev–Trinajstić information content (AvgIpc) is 3.70. The largest absolute Gasteiger partial charge is 0.481 e. The maximum Gasteiger partial charge on any atom is 0.481 e. The van der Waals surface area contributed by atoms with Crippen molar-refractivity contribution in [3.8, 4) is 0 Å². The fourth-order valence-corrected chi connectivity index (χ4v) is 8.53. The summed E-state index contributed by atoms with van der Waals surface area (Å²) in [7, 11) is -10.9. The van der Waals surface area contributed by atoms with E-state index in [0.29, 0.717) is 9.92 Å². The molecule has 20 nitrogen and oxygen atoms in total. The van der Waals surface area contributed by atoms with Gasteiger partial charge in [0.1, 0.15) is 41.6 Å². The number of halogens is 1. The first-order valence-corrected chi connectivity index (χ1v) is 19.3. The van der Waals surface area contributed by atoms with Gasteiger partial charge in [0.05, 0.1) is 18.9 Å². The second-order valence-corrected chi connectivity index (χ2v) is 16.0. The van der Waals surface area contributed by atoms with Gasteiger partial charge in [0.25, 0.3) is 12.1 Å². The Morgan fingerprint density at radius 2 is 1.60 bits per heavy atom. The number of nitrogens with two attached hydrogens (primary N) is 2. The zero-order valence-electron chi connectivity index (χ0n) is 26.4. The summed E-state index contributed by atoms with van der Waals surface area (Å²) >= 11 is 7.15. The fourth-order valence-electron chi connectivity index (χ4n) is 5.40. The van der Waals surface area contributed by atoms with Gasteiger partial charge in [0.15, 0.2) is 35.5 Å². The third-order valence-corrected chi connectivity index (χ3v) is 11.8. The van der Waals surface area contributed by atoms with Gasteiger partial charge >= 0.3 is 15.6 Å². The van der Waals surface area contributed by atoms with Crippen LogP contribution in [0.15, 0.2) is 71.1 Å². The maximum atomic E-state index is 12.7. The van der Waals surface area contributed by atoms with Crippen molar-refractivity contribution >= 4 is 61.8 Å². The number of aliphatic hydroxyl groups excluding tert-OH is 4. The first-order valence-electron chi connectivity index (χ1n) is 15.1. The van der Waals surface area contributed by atoms with E-state index in [4.69, 9.17) is 41.6 Å². The first kappa shape index (κ1) is 38.6. The van der Waals surface area contributed by atoms with Crippen LogP contribution in [0.1, 0.15) is 22.8 Å². The standard InChI is InChI=1S/C28H31ClN6O14P2S/c29-14-3-5-15(6-4-14)52-28-33-19-16(30)7-8-32-25(19)35(28)27-23(39)21(37)18(48-27)12-46-51(43,44)49-50(41,42)45-11-17-20(36)22(38)26(47-17)34-9-1-2-13(10-34)24(31)40/h1-10,17-18,20-23,26-27,36-39H,11-12H2,(H5-,30,31,32,40,41,42,43,44)/p+1/t17-,18+,20?,21-,22+,23?,26-,27+/m0/s1. The van der Waals surface area contributed by atoms with Gasteiger partial charge in [-0.05, 0) is 36.4 Å². The minimum absolute atomic E-state index is 0.0651. The molecule has 6 rings (SSSR count). The Labute approximate surface area is 302 Å². The highest BCUT2D eigenvalue weighted by atomic mass is 35.5. The summed E-state index contributed by atoms with van der Waals surface area (Å²) in [6, 6.07) is 11.1. The Morgan fingerprint density at radius 1 is 0.962 bits per heavy atom. The third kappa shape index (κ3) is 8.34. The third-order valence-electron chi connectivity index (χ3n) is 7.94. The van der Waals surface area contributed by atoms with Crippen molar-refractivity contribution in [2.75, 3.05) is 18.9 Å². The van der Waals surface area contributed by atoms with Crippen molar-refractivity contribution in [1.29, 1.82) is 0 Å². The van der Waals surface area contributed by atoms with Gasteiger partial charge in [-0.3, -0.25) is 18.4 Å². The van der Waals surface area contributed by atoms with E-state index in [2.05, 4.69) is 14.3 Å². The number of anilines is 1. The number of phosphoric ester groups is 2. The zero-order chi connectivity index (χ0) is 37.5. The van der Waals surface area contributed by atoms with Crippen molar-refractivity contribution in [3.63, 3.8) is 0 Å². The normalized spacial score (nSPS) is 28.5. The van der Waals surface area contributed by atoms with Crippen LogP contribution in [-0.2, 0) is 32.0 Å². The number of rotatable bonds is 13. The van der Waals surface area contributed by atoms with Gasteiger partial charge < -0.3 is 51.2 Å². The van der Waals surface area contributed by atoms with Crippen LogP contribution in [0.25, 0.3) is 11.2 Å². The molecule has 4 unspecified atom stereocenters. The molecule has 2 saturated heterocycles. The van der Waals surface area contributed by atoms with E-state index in [1.807, 2.05) is 0 Å². The van der Waals surface area contributed by atoms with Gasteiger partial charge in [0.2, 0.25) is 0 Å². The Hall–Kier alpha value is -3.08. The molecule has 1 amide bonds. The Balaban J connectivity index is 1.09. The molecule has 3 aromatic heterocycles. The van der Waals surface area contributed by atoms with E-state index < -0.39 is 83.8 Å². The molecule has 10 atom stereocenters. The van der Waals surface area contributed by atoms with Crippen LogP contribution in [-0.4, -0.2) is 100 Å². The van der Waals surface area contributed by atoms with Gasteiger partial charge in [-0.1, -0.05) is 23.4 Å². The number of nitrogen functional groups attached to an aromatic ring is 1. The smallest absolute Gasteiger partial charge is 0.397 e. The number of hydrogen-bond acceptors (Lipinski definition) is 16. The van der Waals surface area contributed by atoms with E-state index >= 15 is 0 Å². The minimum Gasteiger partial charge on any atom is -0.397 e. The summed E-state index contributed by atoms with van der Waals surface area (Å²) in [6.45, 7) is -1.84. The number of carbonyl (C=O) groups excluding carboxylic acids is 1. The molecule has 10 N–H and O–H groups in total. The Morgan fingerprint density at radius 3 is 2.25 bits per heavy atom. The van der Waals surface area contributed by atoms with Crippen molar-refractivity contribution in [2.45, 2.75) is 59.1 Å². The summed E-state index contributed by atoms with van der Waals surface area (Å²) in [5, 5.41) is 43.5. The number of benzene rings is 1. The predicted octanol–water partition coefficient (Wildman–Crippen LogP) is 0.394. The molecule has 0 aliphatic carbocycles. The molecule has 24 heteroatoms. The number of hydrogen-bond donors (Lipinski definition) is 8. The number of imidazole rings is 1. The van der Waals surface area contributed by atoms with Crippen molar-refractivity contribution < 1.29 is 71.5 Å². The van der Waals surface area contributed by atoms with E-state index in [9.17, 15) is 44.1 Å². The SMILES string of the molecule is NC(=O)c1ccc[n+]([C@H]2O[C@@H](COP(=O)(O)OP(=O)(O)OC[C@H]3O[C@@H](n4c(Sc5ccc(Cl)cc5)nc5c(N)ccnc54)C(O)[C@H]3O)C(O)[C@H]2O)c1. The molecule has 5 heterocycles. The molecule has 0 radical (unpaired) electrons. The summed E-state index contributed by atoms with van der Waals surface area (Å²) in [5.41, 5.74) is 12.2. The number of aliphatic hydroxyl groups is 4. The number of carbonyl (C=O) groups is 1. The zero-order valence-corrected chi connectivity index (χ0v) is 29.7. The molecule has 2 aliphatic rings. The van der Waals surface area contributed by atoms with Gasteiger partial charge in [-0.2, -0.15) is 8.88 Å². The summed E-state index contributed by atoms with van der Waals surface area (Å²) in [6.07, 6.45) is -8.13. The number of nitrogens with zero attached hydrogens (tertiary/aromatic N) is 4. The van der Waals surface area contributed by atoms with Crippen LogP contribution in [0.5, 0.6) is 0 Å². The molecule has 2 fully saturated rings. The summed E-state index contributed by atoms with van der Waals surface area (Å²) in [4.78, 5) is 41.5. The number of phosphoric acid groups is 2. The number of amides is 1. The molecule has 1 aromatic carbocycles. The lowest BCUT2D eigenvalue weighted by molar-refractivity contribution is -0.765. The highest BCUT2D eigenvalue weighted by molar-refractivity contribution is 7.99. The van der Waals surface area contributed by atoms with E-state index in [-0.39, 0.29) is 27.6 Å². The summed E-state index contributed by atoms with van der Waals surface area (Å²) < 4.78 is 53.2. The second-order valence-electron chi connectivity index (χ2n) is 11.5. The quantitative estimate of drug-likeness (QED) is 0.0669. The molecule has 52 heavy (non-hydrogen) atoms. The number of primary amides is 1. The minimum atomic E-state index is -5.44. The summed E-state index contributed by atoms with van der Waals surface area (Å²) in [5.74, 6) is -0.769. The first-order chi connectivity index (χ1) is 24.5. The van der Waals surface area contributed by atoms with Crippen LogP contribution in [0.3, 0.4) is 0 Å². The van der Waals surface area contributed by atoms with Crippen LogP contribution < -0.4 is 16.0 Å². The molecular formula is C28H32ClN6O14P2S+. The highest BCUT2D eigenvalue weighted by Crippen LogP contribution is 2.61. The second kappa shape index (κ2) is 15.3. The maximum absolute atomic E-state index is 12.7. The fraction of sp³-hybridized carbons (Fsp3) is 0.357. The molecular weight excluding hydrogens is 774 g/mol. The van der Waals surface area contributed by atoms with Gasteiger partial charge in [0, 0.05) is 22.2 Å². The van der Waals surface area contributed by atoms with Crippen molar-refractivity contribution in [1.82, 2.24) is 14.5 Å². The van der Waals surface area contributed by atoms with Crippen molar-refractivity contribution in [2.24, 2.45) is 5.73 Å². The number of fused-ring (bicyclic) bond motifs is 1. The van der Waals surface area contributed by atoms with Crippen LogP contribution >= 0.6 is 39.0 Å². The predicted molar refractivity (Wildman–Crippen MR) is 177 cm³/mol. The number of pyridine rings is 2. The highest BCUT2D eigenvalue weighted by Gasteiger charge is 2.50. The molecule has 0 spiro atoms. The monoisotopic (exact) mass is 805 g/mol. The molecule has 0 bridgehead atoms. The topological polar surface area (TPSA) is 305 Å². The lowest BCUT2D eigenvalue weighted by Crippen LogP contribution is -2.46. The molecule has 2 aliphatic heterocycles. The van der Waals surface area contributed by atoms with Gasteiger partial charge in [-0.25, -0.2) is 19.1 Å². The molecule has 0 saturated carbocycles. The van der Waals surface area contributed by atoms with E-state index in [1.165, 1.54) is 45.9 Å². The van der Waals surface area contributed by atoms with Crippen molar-refractivity contribution in [3.05, 3.63) is 71.6 Å². The number of aromatic nitrogens is 4. The van der Waals surface area contributed by atoms with Gasteiger partial charge in [-0.15, -0.1) is 0 Å². The Kier molecular flexibility index (Phi) is 11.4. The van der Waals surface area contributed by atoms with Crippen LogP contribution in [0, 0.1) is 0 Å². The lowest BCUT2D eigenvalue weighted by atomic mass is 10.1. The Bertz CT molecular complexity index is 2050.